The number of sulfonamides is 1. The van der Waals surface area contributed by atoms with Gasteiger partial charge in [0.1, 0.15) is 5.00 Å². The van der Waals surface area contributed by atoms with E-state index in [4.69, 9.17) is 4.74 Å². The van der Waals surface area contributed by atoms with E-state index in [-0.39, 0.29) is 17.4 Å². The van der Waals surface area contributed by atoms with Gasteiger partial charge in [-0.15, -0.1) is 11.3 Å². The molecule has 1 fully saturated rings. The average Bonchev–Trinajstić information content (AvgIpc) is 3.15. The van der Waals surface area contributed by atoms with Gasteiger partial charge in [-0.3, -0.25) is 4.79 Å². The number of benzene rings is 1. The molecule has 1 saturated heterocycles. The van der Waals surface area contributed by atoms with E-state index in [2.05, 4.69) is 26.1 Å². The Hall–Kier alpha value is -2.23. The van der Waals surface area contributed by atoms with Crippen molar-refractivity contribution in [2.24, 2.45) is 17.8 Å². The van der Waals surface area contributed by atoms with Gasteiger partial charge in [0.25, 0.3) is 5.91 Å². The van der Waals surface area contributed by atoms with Gasteiger partial charge in [-0.1, -0.05) is 20.8 Å². The molecular formula is C26H34N2O5S2. The maximum atomic E-state index is 13.1. The second kappa shape index (κ2) is 10.4. The van der Waals surface area contributed by atoms with Gasteiger partial charge in [-0.2, -0.15) is 4.31 Å². The molecule has 190 valence electrons. The molecule has 0 saturated carbocycles. The second-order valence-electron chi connectivity index (χ2n) is 10.0. The predicted molar refractivity (Wildman–Crippen MR) is 138 cm³/mol. The summed E-state index contributed by atoms with van der Waals surface area (Å²) in [5.41, 5.74) is 1.77. The summed E-state index contributed by atoms with van der Waals surface area (Å²) in [6.07, 6.45) is 3.68. The standard InChI is InChI=1S/C26H34N2O5S2/c1-5-33-26(30)23-21-11-6-16(2)13-22(21)34-25(23)27-24(29)19-7-9-20(10-8-19)35(31,32)28-14-17(3)12-18(4)15-28/h7-10,16-18H,5-6,11-15H2,1-4H3,(H,27,29)/t16-,17+,18+/m1/s1. The molecule has 0 radical (unpaired) electrons. The first kappa shape index (κ1) is 25.9. The highest BCUT2D eigenvalue weighted by Crippen LogP contribution is 2.40. The monoisotopic (exact) mass is 518 g/mol. The molecule has 1 amide bonds. The third-order valence-corrected chi connectivity index (χ3v) is 9.82. The van der Waals surface area contributed by atoms with E-state index in [9.17, 15) is 18.0 Å². The number of carbonyl (C=O) groups excluding carboxylic acids is 2. The molecule has 2 aromatic rings. The van der Waals surface area contributed by atoms with Crippen molar-refractivity contribution in [1.82, 2.24) is 4.31 Å². The van der Waals surface area contributed by atoms with Crippen LogP contribution in [-0.4, -0.2) is 44.3 Å². The van der Waals surface area contributed by atoms with Gasteiger partial charge in [0.2, 0.25) is 10.0 Å². The molecule has 4 rings (SSSR count). The Bertz CT molecular complexity index is 1190. The largest absolute Gasteiger partial charge is 0.462 e. The molecule has 35 heavy (non-hydrogen) atoms. The molecule has 1 aromatic heterocycles. The molecule has 1 aliphatic carbocycles. The van der Waals surface area contributed by atoms with Crippen LogP contribution in [0.25, 0.3) is 0 Å². The van der Waals surface area contributed by atoms with Gasteiger partial charge >= 0.3 is 5.97 Å². The lowest BCUT2D eigenvalue weighted by Gasteiger charge is -2.34. The molecule has 0 bridgehead atoms. The topological polar surface area (TPSA) is 92.8 Å². The number of rotatable bonds is 6. The highest BCUT2D eigenvalue weighted by atomic mass is 32.2. The summed E-state index contributed by atoms with van der Waals surface area (Å²) in [7, 11) is -3.62. The number of nitrogens with one attached hydrogen (secondary N) is 1. The normalized spacial score (nSPS) is 22.9. The zero-order valence-electron chi connectivity index (χ0n) is 20.8. The summed E-state index contributed by atoms with van der Waals surface area (Å²) in [6, 6.07) is 6.03. The molecule has 3 atom stereocenters. The summed E-state index contributed by atoms with van der Waals surface area (Å²) < 4.78 is 33.1. The van der Waals surface area contributed by atoms with Gasteiger partial charge in [0.05, 0.1) is 17.1 Å². The number of anilines is 1. The van der Waals surface area contributed by atoms with Crippen LogP contribution in [-0.2, 0) is 27.6 Å². The number of nitrogens with zero attached hydrogens (tertiary/aromatic N) is 1. The summed E-state index contributed by atoms with van der Waals surface area (Å²) >= 11 is 1.43. The molecule has 2 heterocycles. The SMILES string of the molecule is CCOC(=O)c1c(NC(=O)c2ccc(S(=O)(=O)N3C[C@@H](C)C[C@H](C)C3)cc2)sc2c1CC[C@@H](C)C2. The van der Waals surface area contributed by atoms with E-state index in [1.807, 2.05) is 0 Å². The molecular weight excluding hydrogens is 484 g/mol. The Kier molecular flexibility index (Phi) is 7.68. The molecule has 1 aromatic carbocycles. The highest BCUT2D eigenvalue weighted by Gasteiger charge is 2.32. The van der Waals surface area contributed by atoms with Crippen molar-refractivity contribution in [3.05, 3.63) is 45.8 Å². The van der Waals surface area contributed by atoms with Crippen molar-refractivity contribution in [3.8, 4) is 0 Å². The number of hydrogen-bond donors (Lipinski definition) is 1. The van der Waals surface area contributed by atoms with E-state index in [1.165, 1.54) is 35.6 Å². The first-order valence-electron chi connectivity index (χ1n) is 12.3. The second-order valence-corrected chi connectivity index (χ2v) is 13.1. The van der Waals surface area contributed by atoms with Crippen molar-refractivity contribution in [2.75, 3.05) is 25.0 Å². The summed E-state index contributed by atoms with van der Waals surface area (Å²) in [6.45, 7) is 9.36. The molecule has 0 unspecified atom stereocenters. The van der Waals surface area contributed by atoms with Crippen LogP contribution in [0.4, 0.5) is 5.00 Å². The van der Waals surface area contributed by atoms with Crippen LogP contribution in [0.5, 0.6) is 0 Å². The number of esters is 1. The number of hydrogen-bond acceptors (Lipinski definition) is 6. The summed E-state index contributed by atoms with van der Waals surface area (Å²) in [5, 5.41) is 3.39. The zero-order valence-corrected chi connectivity index (χ0v) is 22.4. The Morgan fingerprint density at radius 3 is 2.37 bits per heavy atom. The van der Waals surface area contributed by atoms with Crippen molar-refractivity contribution < 1.29 is 22.7 Å². The fourth-order valence-electron chi connectivity index (χ4n) is 5.16. The quantitative estimate of drug-likeness (QED) is 0.545. The number of piperidine rings is 1. The molecule has 9 heteroatoms. The summed E-state index contributed by atoms with van der Waals surface area (Å²) in [4.78, 5) is 27.1. The lowest BCUT2D eigenvalue weighted by molar-refractivity contribution is 0.0526. The maximum Gasteiger partial charge on any atom is 0.341 e. The van der Waals surface area contributed by atoms with Gasteiger partial charge in [-0.05, 0) is 80.2 Å². The highest BCUT2D eigenvalue weighted by molar-refractivity contribution is 7.89. The fourth-order valence-corrected chi connectivity index (χ4v) is 8.24. The van der Waals surface area contributed by atoms with Crippen LogP contribution in [0.1, 0.15) is 71.7 Å². The fraction of sp³-hybridized carbons (Fsp3) is 0.538. The Balaban J connectivity index is 1.55. The van der Waals surface area contributed by atoms with Crippen molar-refractivity contribution in [3.63, 3.8) is 0 Å². The van der Waals surface area contributed by atoms with Crippen molar-refractivity contribution in [1.29, 1.82) is 0 Å². The van der Waals surface area contributed by atoms with Crippen molar-refractivity contribution in [2.45, 2.75) is 58.3 Å². The van der Waals surface area contributed by atoms with Crippen molar-refractivity contribution >= 4 is 38.2 Å². The zero-order chi connectivity index (χ0) is 25.3. The van der Waals surface area contributed by atoms with Gasteiger partial charge in [0, 0.05) is 23.5 Å². The number of amides is 1. The first-order valence-corrected chi connectivity index (χ1v) is 14.6. The minimum atomic E-state index is -3.62. The molecule has 0 spiro atoms. The first-order chi connectivity index (χ1) is 16.6. The Morgan fingerprint density at radius 1 is 1.09 bits per heavy atom. The lowest BCUT2D eigenvalue weighted by Crippen LogP contribution is -2.42. The van der Waals surface area contributed by atoms with Crippen LogP contribution >= 0.6 is 11.3 Å². The lowest BCUT2D eigenvalue weighted by atomic mass is 9.88. The molecule has 2 aliphatic rings. The smallest absolute Gasteiger partial charge is 0.341 e. The van der Waals surface area contributed by atoms with E-state index < -0.39 is 16.0 Å². The van der Waals surface area contributed by atoms with Crippen LogP contribution in [0.15, 0.2) is 29.2 Å². The number of carbonyl (C=O) groups is 2. The number of thiophene rings is 1. The molecule has 7 nitrogen and oxygen atoms in total. The number of ether oxygens (including phenoxy) is 1. The van der Waals surface area contributed by atoms with Crippen LogP contribution in [0.2, 0.25) is 0 Å². The van der Waals surface area contributed by atoms with E-state index in [1.54, 1.807) is 11.2 Å². The number of fused-ring (bicyclic) bond motifs is 1. The average molecular weight is 519 g/mol. The summed E-state index contributed by atoms with van der Waals surface area (Å²) in [5.74, 6) is 0.353. The van der Waals surface area contributed by atoms with E-state index >= 15 is 0 Å². The van der Waals surface area contributed by atoms with Crippen LogP contribution in [0, 0.1) is 17.8 Å². The van der Waals surface area contributed by atoms with Crippen LogP contribution < -0.4 is 5.32 Å². The molecule has 1 aliphatic heterocycles. The predicted octanol–water partition coefficient (Wildman–Crippen LogP) is 4.97. The maximum absolute atomic E-state index is 13.1. The third kappa shape index (κ3) is 5.47. The van der Waals surface area contributed by atoms with E-state index in [0.717, 1.165) is 36.1 Å². The third-order valence-electron chi connectivity index (χ3n) is 6.81. The Labute approximate surface area is 211 Å². The van der Waals surface area contributed by atoms with Crippen LogP contribution in [0.3, 0.4) is 0 Å². The molecule has 1 N–H and O–H groups in total. The van der Waals surface area contributed by atoms with Gasteiger partial charge < -0.3 is 10.1 Å². The Morgan fingerprint density at radius 2 is 1.74 bits per heavy atom. The van der Waals surface area contributed by atoms with Gasteiger partial charge in [0.15, 0.2) is 0 Å². The minimum absolute atomic E-state index is 0.183. The minimum Gasteiger partial charge on any atom is -0.462 e. The van der Waals surface area contributed by atoms with Gasteiger partial charge in [-0.25, -0.2) is 13.2 Å². The van der Waals surface area contributed by atoms with E-state index in [0.29, 0.717) is 47.0 Å².